The fourth-order valence-corrected chi connectivity index (χ4v) is 3.13. The molecule has 1 fully saturated rings. The molecule has 5 heteroatoms. The molecule has 1 N–H and O–H groups in total. The second-order valence-corrected chi connectivity index (χ2v) is 6.02. The van der Waals surface area contributed by atoms with Crippen LogP contribution in [0.4, 0.5) is 13.6 Å². The number of halogens is 2. The van der Waals surface area contributed by atoms with Crippen LogP contribution in [0.5, 0.6) is 0 Å². The highest BCUT2D eigenvalue weighted by molar-refractivity contribution is 5.76. The smallest absolute Gasteiger partial charge is 0.317 e. The number of urea groups is 1. The Balaban J connectivity index is 0.00000117. The van der Waals surface area contributed by atoms with E-state index in [1.807, 2.05) is 13.8 Å². The minimum Gasteiger partial charge on any atom is -0.336 e. The highest BCUT2D eigenvalue weighted by atomic mass is 19.1. The standard InChI is InChI=1S/C19H20F2N2O.C2H6/c20-16-7-3-14(4-8-16)18(15-5-9-17(21)10-6-15)2-1-12-23-13-11-22-19(23)24;1-2/h3-10,18H,1-2,11-13H2,(H,22,24);1-2H3. The fraction of sp³-hybridized carbons (Fsp3) is 0.381. The first-order valence-electron chi connectivity index (χ1n) is 9.17. The molecule has 1 saturated heterocycles. The maximum absolute atomic E-state index is 13.2. The van der Waals surface area contributed by atoms with Crippen molar-refractivity contribution in [3.8, 4) is 0 Å². The highest BCUT2D eigenvalue weighted by Crippen LogP contribution is 2.29. The van der Waals surface area contributed by atoms with E-state index in [0.29, 0.717) is 13.1 Å². The minimum atomic E-state index is -0.273. The van der Waals surface area contributed by atoms with E-state index < -0.39 is 0 Å². The van der Waals surface area contributed by atoms with Gasteiger partial charge in [-0.2, -0.15) is 0 Å². The van der Waals surface area contributed by atoms with Gasteiger partial charge in [-0.25, -0.2) is 13.6 Å². The van der Waals surface area contributed by atoms with Gasteiger partial charge in [0.05, 0.1) is 0 Å². The van der Waals surface area contributed by atoms with E-state index in [1.165, 1.54) is 24.3 Å². The molecule has 0 radical (unpaired) electrons. The topological polar surface area (TPSA) is 32.3 Å². The predicted octanol–water partition coefficient (Wildman–Crippen LogP) is 4.93. The van der Waals surface area contributed by atoms with Gasteiger partial charge in [0.15, 0.2) is 0 Å². The molecule has 0 bridgehead atoms. The predicted molar refractivity (Wildman–Crippen MR) is 100 cm³/mol. The number of nitrogens with zero attached hydrogens (tertiary/aromatic N) is 1. The van der Waals surface area contributed by atoms with Crippen LogP contribution in [-0.4, -0.2) is 30.6 Å². The van der Waals surface area contributed by atoms with Crippen molar-refractivity contribution in [2.75, 3.05) is 19.6 Å². The summed E-state index contributed by atoms with van der Waals surface area (Å²) in [6, 6.07) is 12.8. The van der Waals surface area contributed by atoms with Gasteiger partial charge in [0.1, 0.15) is 11.6 Å². The second kappa shape index (κ2) is 9.90. The number of carbonyl (C=O) groups is 1. The minimum absolute atomic E-state index is 0.0184. The Morgan fingerprint density at radius 1 is 0.962 bits per heavy atom. The zero-order valence-electron chi connectivity index (χ0n) is 15.3. The van der Waals surface area contributed by atoms with Crippen molar-refractivity contribution < 1.29 is 13.6 Å². The van der Waals surface area contributed by atoms with Crippen molar-refractivity contribution in [2.45, 2.75) is 32.6 Å². The zero-order valence-corrected chi connectivity index (χ0v) is 15.3. The average Bonchev–Trinajstić information content (AvgIpc) is 3.07. The van der Waals surface area contributed by atoms with E-state index in [-0.39, 0.29) is 23.6 Å². The van der Waals surface area contributed by atoms with Crippen LogP contribution in [0.1, 0.15) is 43.7 Å². The van der Waals surface area contributed by atoms with Gasteiger partial charge < -0.3 is 10.2 Å². The van der Waals surface area contributed by atoms with E-state index in [1.54, 1.807) is 29.2 Å². The normalized spacial score (nSPS) is 13.4. The van der Waals surface area contributed by atoms with Crippen LogP contribution >= 0.6 is 0 Å². The third kappa shape index (κ3) is 5.28. The summed E-state index contributed by atoms with van der Waals surface area (Å²) >= 11 is 0. The van der Waals surface area contributed by atoms with Crippen molar-refractivity contribution in [3.05, 3.63) is 71.3 Å². The molecular formula is C21H26F2N2O. The SMILES string of the molecule is CC.O=C1NCCN1CCCC(c1ccc(F)cc1)c1ccc(F)cc1. The van der Waals surface area contributed by atoms with Gasteiger partial charge in [0.2, 0.25) is 0 Å². The third-order valence-corrected chi connectivity index (χ3v) is 4.41. The summed E-state index contributed by atoms with van der Waals surface area (Å²) in [5, 5.41) is 2.79. The van der Waals surface area contributed by atoms with Gasteiger partial charge in [0.25, 0.3) is 0 Å². The van der Waals surface area contributed by atoms with Crippen LogP contribution in [0, 0.1) is 11.6 Å². The van der Waals surface area contributed by atoms with Crippen molar-refractivity contribution in [2.24, 2.45) is 0 Å². The molecule has 0 saturated carbocycles. The molecular weight excluding hydrogens is 334 g/mol. The Bertz CT molecular complexity index is 641. The molecule has 0 aliphatic carbocycles. The van der Waals surface area contributed by atoms with Gasteiger partial charge in [-0.15, -0.1) is 0 Å². The van der Waals surface area contributed by atoms with Crippen molar-refractivity contribution in [3.63, 3.8) is 0 Å². The summed E-state index contributed by atoms with van der Waals surface area (Å²) in [7, 11) is 0. The van der Waals surface area contributed by atoms with Crippen molar-refractivity contribution in [1.29, 1.82) is 0 Å². The molecule has 140 valence electrons. The lowest BCUT2D eigenvalue weighted by atomic mass is 9.87. The van der Waals surface area contributed by atoms with Crippen LogP contribution < -0.4 is 5.32 Å². The van der Waals surface area contributed by atoms with Crippen LogP contribution in [-0.2, 0) is 0 Å². The summed E-state index contributed by atoms with van der Waals surface area (Å²) in [5.74, 6) is -0.493. The van der Waals surface area contributed by atoms with E-state index in [4.69, 9.17) is 0 Å². The van der Waals surface area contributed by atoms with E-state index in [0.717, 1.165) is 30.5 Å². The molecule has 2 amide bonds. The Morgan fingerprint density at radius 3 is 1.88 bits per heavy atom. The van der Waals surface area contributed by atoms with Gasteiger partial charge in [-0.3, -0.25) is 0 Å². The van der Waals surface area contributed by atoms with Crippen LogP contribution in [0.2, 0.25) is 0 Å². The number of hydrogen-bond donors (Lipinski definition) is 1. The molecule has 0 atom stereocenters. The first-order valence-corrected chi connectivity index (χ1v) is 9.17. The van der Waals surface area contributed by atoms with Gasteiger partial charge in [0, 0.05) is 25.6 Å². The van der Waals surface area contributed by atoms with E-state index in [2.05, 4.69) is 5.32 Å². The first-order chi connectivity index (χ1) is 12.6. The van der Waals surface area contributed by atoms with Crippen LogP contribution in [0.15, 0.2) is 48.5 Å². The maximum atomic E-state index is 13.2. The number of rotatable bonds is 6. The summed E-state index contributed by atoms with van der Waals surface area (Å²) in [6.07, 6.45) is 1.63. The largest absolute Gasteiger partial charge is 0.336 e. The monoisotopic (exact) mass is 360 g/mol. The lowest BCUT2D eigenvalue weighted by molar-refractivity contribution is 0.216. The summed E-state index contributed by atoms with van der Waals surface area (Å²) < 4.78 is 26.4. The molecule has 26 heavy (non-hydrogen) atoms. The number of amides is 2. The Hall–Kier alpha value is -2.43. The lowest BCUT2D eigenvalue weighted by Crippen LogP contribution is -2.29. The molecule has 2 aromatic carbocycles. The fourth-order valence-electron chi connectivity index (χ4n) is 3.13. The van der Waals surface area contributed by atoms with Gasteiger partial charge in [-0.05, 0) is 48.2 Å². The Labute approximate surface area is 154 Å². The van der Waals surface area contributed by atoms with Gasteiger partial charge >= 0.3 is 6.03 Å². The molecule has 2 aromatic rings. The van der Waals surface area contributed by atoms with Gasteiger partial charge in [-0.1, -0.05) is 38.1 Å². The number of nitrogens with one attached hydrogen (secondary N) is 1. The Kier molecular flexibility index (Phi) is 7.57. The Morgan fingerprint density at radius 2 is 1.46 bits per heavy atom. The highest BCUT2D eigenvalue weighted by Gasteiger charge is 2.20. The summed E-state index contributed by atoms with van der Waals surface area (Å²) in [4.78, 5) is 13.4. The maximum Gasteiger partial charge on any atom is 0.317 e. The lowest BCUT2D eigenvalue weighted by Gasteiger charge is -2.20. The molecule has 0 spiro atoms. The molecule has 1 aliphatic heterocycles. The number of benzene rings is 2. The van der Waals surface area contributed by atoms with E-state index >= 15 is 0 Å². The van der Waals surface area contributed by atoms with Crippen molar-refractivity contribution >= 4 is 6.03 Å². The molecule has 3 rings (SSSR count). The second-order valence-electron chi connectivity index (χ2n) is 6.02. The molecule has 0 aromatic heterocycles. The molecule has 3 nitrogen and oxygen atoms in total. The molecule has 1 aliphatic rings. The summed E-state index contributed by atoms with van der Waals surface area (Å²) in [6.45, 7) is 6.11. The summed E-state index contributed by atoms with van der Waals surface area (Å²) in [5.41, 5.74) is 1.99. The zero-order chi connectivity index (χ0) is 18.9. The molecule has 1 heterocycles. The van der Waals surface area contributed by atoms with Crippen molar-refractivity contribution in [1.82, 2.24) is 10.2 Å². The first kappa shape index (κ1) is 19.9. The van der Waals surface area contributed by atoms with Crippen LogP contribution in [0.25, 0.3) is 0 Å². The van der Waals surface area contributed by atoms with Crippen LogP contribution in [0.3, 0.4) is 0 Å². The van der Waals surface area contributed by atoms with E-state index in [9.17, 15) is 13.6 Å². The average molecular weight is 360 g/mol. The molecule has 0 unspecified atom stereocenters. The quantitative estimate of drug-likeness (QED) is 0.778. The number of carbonyl (C=O) groups excluding carboxylic acids is 1. The number of hydrogen-bond acceptors (Lipinski definition) is 1. The third-order valence-electron chi connectivity index (χ3n) is 4.41.